The van der Waals surface area contributed by atoms with Crippen molar-refractivity contribution in [1.82, 2.24) is 5.32 Å². The number of halogens is 2. The lowest BCUT2D eigenvalue weighted by molar-refractivity contribution is -0.140. The fourth-order valence-corrected chi connectivity index (χ4v) is 2.60. The van der Waals surface area contributed by atoms with Crippen molar-refractivity contribution in [1.29, 1.82) is 0 Å². The second kappa shape index (κ2) is 6.48. The van der Waals surface area contributed by atoms with Crippen molar-refractivity contribution in [2.24, 2.45) is 0 Å². The SMILES string of the molecule is COC(=O)C(Cl)CNCc1cc(Br)cs1. The number of carbonyl (C=O) groups is 1. The average Bonchev–Trinajstić information content (AvgIpc) is 2.63. The number of nitrogens with one attached hydrogen (secondary N) is 1. The quantitative estimate of drug-likeness (QED) is 0.670. The predicted octanol–water partition coefficient (Wildman–Crippen LogP) is 2.38. The minimum atomic E-state index is -0.626. The Morgan fingerprint density at radius 2 is 2.53 bits per heavy atom. The van der Waals surface area contributed by atoms with E-state index in [0.717, 1.165) is 4.47 Å². The fourth-order valence-electron chi connectivity index (χ4n) is 0.980. The van der Waals surface area contributed by atoms with Crippen LogP contribution in [-0.4, -0.2) is 25.0 Å². The van der Waals surface area contributed by atoms with Crippen molar-refractivity contribution in [3.63, 3.8) is 0 Å². The molecule has 15 heavy (non-hydrogen) atoms. The molecular formula is C9H11BrClNO2S. The lowest BCUT2D eigenvalue weighted by Crippen LogP contribution is -2.29. The number of thiophene rings is 1. The summed E-state index contributed by atoms with van der Waals surface area (Å²) in [5.74, 6) is -0.406. The van der Waals surface area contributed by atoms with Crippen molar-refractivity contribution >= 4 is 44.8 Å². The van der Waals surface area contributed by atoms with Crippen molar-refractivity contribution in [3.8, 4) is 0 Å². The third kappa shape index (κ3) is 4.51. The maximum Gasteiger partial charge on any atom is 0.325 e. The van der Waals surface area contributed by atoms with Gasteiger partial charge >= 0.3 is 5.97 Å². The summed E-state index contributed by atoms with van der Waals surface area (Å²) in [5, 5.41) is 4.47. The van der Waals surface area contributed by atoms with Crippen LogP contribution in [0.1, 0.15) is 4.88 Å². The lowest BCUT2D eigenvalue weighted by atomic mass is 10.4. The standard InChI is InChI=1S/C9H11BrClNO2S/c1-14-9(13)8(11)4-12-3-7-2-6(10)5-15-7/h2,5,8,12H,3-4H2,1H3. The van der Waals surface area contributed by atoms with Crippen LogP contribution >= 0.6 is 38.9 Å². The van der Waals surface area contributed by atoms with E-state index in [4.69, 9.17) is 11.6 Å². The molecular weight excluding hydrogens is 302 g/mol. The van der Waals surface area contributed by atoms with E-state index < -0.39 is 11.3 Å². The molecule has 0 aliphatic rings. The van der Waals surface area contributed by atoms with Gasteiger partial charge < -0.3 is 10.1 Å². The Hall–Kier alpha value is -0.100. The number of rotatable bonds is 5. The summed E-state index contributed by atoms with van der Waals surface area (Å²) >= 11 is 10.8. The molecule has 0 aliphatic carbocycles. The number of hydrogen-bond acceptors (Lipinski definition) is 4. The van der Waals surface area contributed by atoms with Gasteiger partial charge in [-0.3, -0.25) is 4.79 Å². The summed E-state index contributed by atoms with van der Waals surface area (Å²) in [6.07, 6.45) is 0. The van der Waals surface area contributed by atoms with E-state index in [-0.39, 0.29) is 0 Å². The second-order valence-corrected chi connectivity index (χ2v) is 5.29. The van der Waals surface area contributed by atoms with Crippen LogP contribution in [0.4, 0.5) is 0 Å². The normalized spacial score (nSPS) is 12.5. The van der Waals surface area contributed by atoms with Crippen LogP contribution in [0.5, 0.6) is 0 Å². The second-order valence-electron chi connectivity index (χ2n) is 2.85. The fraction of sp³-hybridized carbons (Fsp3) is 0.444. The molecule has 0 aliphatic heterocycles. The molecule has 0 radical (unpaired) electrons. The first-order valence-corrected chi connectivity index (χ1v) is 6.40. The summed E-state index contributed by atoms with van der Waals surface area (Å²) in [7, 11) is 1.33. The zero-order chi connectivity index (χ0) is 11.3. The largest absolute Gasteiger partial charge is 0.468 e. The highest BCUT2D eigenvalue weighted by atomic mass is 79.9. The molecule has 0 saturated heterocycles. The van der Waals surface area contributed by atoms with E-state index >= 15 is 0 Å². The number of hydrogen-bond donors (Lipinski definition) is 1. The van der Waals surface area contributed by atoms with E-state index in [9.17, 15) is 4.79 Å². The maximum atomic E-state index is 11.0. The highest BCUT2D eigenvalue weighted by molar-refractivity contribution is 9.10. The topological polar surface area (TPSA) is 38.3 Å². The van der Waals surface area contributed by atoms with Crippen LogP contribution in [0.2, 0.25) is 0 Å². The number of carbonyl (C=O) groups excluding carboxylic acids is 1. The first-order valence-electron chi connectivity index (χ1n) is 4.29. The molecule has 6 heteroatoms. The Balaban J connectivity index is 2.24. The highest BCUT2D eigenvalue weighted by Gasteiger charge is 2.14. The summed E-state index contributed by atoms with van der Waals surface area (Å²) in [6.45, 7) is 1.11. The molecule has 0 bridgehead atoms. The first-order chi connectivity index (χ1) is 7.13. The van der Waals surface area contributed by atoms with E-state index in [0.29, 0.717) is 13.1 Å². The molecule has 1 N–H and O–H groups in total. The van der Waals surface area contributed by atoms with Crippen LogP contribution in [0.3, 0.4) is 0 Å². The Kier molecular flexibility index (Phi) is 5.60. The van der Waals surface area contributed by atoms with E-state index in [2.05, 4.69) is 26.0 Å². The minimum Gasteiger partial charge on any atom is -0.468 e. The van der Waals surface area contributed by atoms with Crippen molar-refractivity contribution in [2.75, 3.05) is 13.7 Å². The summed E-state index contributed by atoms with van der Waals surface area (Å²) < 4.78 is 5.57. The van der Waals surface area contributed by atoms with Crippen molar-refractivity contribution < 1.29 is 9.53 Å². The molecule has 0 amide bonds. The van der Waals surface area contributed by atoms with Gasteiger partial charge in [-0.2, -0.15) is 0 Å². The first kappa shape index (κ1) is 13.0. The molecule has 0 fully saturated rings. The molecule has 0 spiro atoms. The Morgan fingerprint density at radius 1 is 1.80 bits per heavy atom. The van der Waals surface area contributed by atoms with Crippen LogP contribution < -0.4 is 5.32 Å². The monoisotopic (exact) mass is 311 g/mol. The molecule has 1 rings (SSSR count). The van der Waals surface area contributed by atoms with Crippen LogP contribution in [0.25, 0.3) is 0 Å². The minimum absolute atomic E-state index is 0.406. The zero-order valence-electron chi connectivity index (χ0n) is 8.13. The molecule has 3 nitrogen and oxygen atoms in total. The van der Waals surface area contributed by atoms with Gasteiger partial charge in [-0.1, -0.05) is 0 Å². The van der Waals surface area contributed by atoms with Gasteiger partial charge in [0.15, 0.2) is 0 Å². The van der Waals surface area contributed by atoms with Gasteiger partial charge in [0, 0.05) is 27.8 Å². The van der Waals surface area contributed by atoms with Gasteiger partial charge in [0.2, 0.25) is 0 Å². The van der Waals surface area contributed by atoms with Gasteiger partial charge in [-0.25, -0.2) is 0 Å². The van der Waals surface area contributed by atoms with Crippen molar-refractivity contribution in [2.45, 2.75) is 11.9 Å². The summed E-state index contributed by atoms with van der Waals surface area (Å²) in [4.78, 5) is 12.1. The Morgan fingerprint density at radius 3 is 3.07 bits per heavy atom. The van der Waals surface area contributed by atoms with Crippen molar-refractivity contribution in [3.05, 3.63) is 20.8 Å². The zero-order valence-corrected chi connectivity index (χ0v) is 11.3. The van der Waals surface area contributed by atoms with Gasteiger partial charge in [0.1, 0.15) is 5.38 Å². The van der Waals surface area contributed by atoms with Gasteiger partial charge in [0.05, 0.1) is 7.11 Å². The number of esters is 1. The van der Waals surface area contributed by atoms with Gasteiger partial charge in [-0.15, -0.1) is 22.9 Å². The predicted molar refractivity (Wildman–Crippen MR) is 65.4 cm³/mol. The average molecular weight is 313 g/mol. The summed E-state index contributed by atoms with van der Waals surface area (Å²) in [6, 6.07) is 2.03. The van der Waals surface area contributed by atoms with Crippen LogP contribution in [-0.2, 0) is 16.1 Å². The van der Waals surface area contributed by atoms with E-state index in [1.165, 1.54) is 12.0 Å². The molecule has 0 aromatic carbocycles. The number of alkyl halides is 1. The molecule has 1 atom stereocenters. The molecule has 1 aromatic rings. The molecule has 84 valence electrons. The molecule has 1 unspecified atom stereocenters. The lowest BCUT2D eigenvalue weighted by Gasteiger charge is -2.07. The molecule has 1 aromatic heterocycles. The maximum absolute atomic E-state index is 11.0. The smallest absolute Gasteiger partial charge is 0.325 e. The van der Waals surface area contributed by atoms with Crippen LogP contribution in [0, 0.1) is 0 Å². The summed E-state index contributed by atoms with van der Waals surface area (Å²) in [5.41, 5.74) is 0. The third-order valence-electron chi connectivity index (χ3n) is 1.70. The Bertz CT molecular complexity index is 332. The van der Waals surface area contributed by atoms with Gasteiger partial charge in [-0.05, 0) is 22.0 Å². The van der Waals surface area contributed by atoms with E-state index in [1.54, 1.807) is 11.3 Å². The molecule has 1 heterocycles. The highest BCUT2D eigenvalue weighted by Crippen LogP contribution is 2.19. The van der Waals surface area contributed by atoms with Gasteiger partial charge in [0.25, 0.3) is 0 Å². The van der Waals surface area contributed by atoms with E-state index in [1.807, 2.05) is 11.4 Å². The Labute approximate surface area is 106 Å². The number of methoxy groups -OCH3 is 1. The van der Waals surface area contributed by atoms with Crippen LogP contribution in [0.15, 0.2) is 15.9 Å². The molecule has 0 saturated carbocycles. The number of ether oxygens (including phenoxy) is 1. The third-order valence-corrected chi connectivity index (χ3v) is 3.73.